The highest BCUT2D eigenvalue weighted by Gasteiger charge is 2.58. The molecule has 0 aliphatic carbocycles. The number of aliphatic carboxylic acids is 1. The van der Waals surface area contributed by atoms with Crippen molar-refractivity contribution < 1.29 is 15.0 Å². The number of fused-ring (bicyclic) bond motifs is 1. The lowest BCUT2D eigenvalue weighted by Gasteiger charge is -2.47. The van der Waals surface area contributed by atoms with Gasteiger partial charge in [-0.2, -0.15) is 0 Å². The minimum absolute atomic E-state index is 0.0542. The van der Waals surface area contributed by atoms with Gasteiger partial charge < -0.3 is 15.1 Å². The molecule has 5 atom stereocenters. The summed E-state index contributed by atoms with van der Waals surface area (Å²) in [5, 5.41) is 18.9. The molecule has 2 aliphatic rings. The van der Waals surface area contributed by atoms with Gasteiger partial charge >= 0.3 is 5.97 Å². The van der Waals surface area contributed by atoms with Crippen molar-refractivity contribution in [3.8, 4) is 0 Å². The lowest BCUT2D eigenvalue weighted by atomic mass is 9.91. The first-order chi connectivity index (χ1) is 7.49. The maximum atomic E-state index is 11.2. The summed E-state index contributed by atoms with van der Waals surface area (Å²) in [4.78, 5) is 13.6. The van der Waals surface area contributed by atoms with Crippen LogP contribution in [0.4, 0.5) is 0 Å². The van der Waals surface area contributed by atoms with Crippen LogP contribution in [0, 0.1) is 5.92 Å². The zero-order valence-corrected chi connectivity index (χ0v) is 10.8. The van der Waals surface area contributed by atoms with E-state index in [2.05, 4.69) is 0 Å². The van der Waals surface area contributed by atoms with Crippen molar-refractivity contribution >= 4 is 34.9 Å². The quantitative estimate of drug-likeness (QED) is 0.737. The Balaban J connectivity index is 2.20. The average Bonchev–Trinajstić information content (AvgIpc) is 2.51. The molecule has 0 spiro atoms. The van der Waals surface area contributed by atoms with Crippen LogP contribution in [0.5, 0.6) is 0 Å². The minimum atomic E-state index is -0.812. The van der Waals surface area contributed by atoms with Crippen molar-refractivity contribution in [2.45, 2.75) is 43.0 Å². The Kier molecular flexibility index (Phi) is 3.16. The molecule has 6 heteroatoms. The normalized spacial score (nSPS) is 39.2. The van der Waals surface area contributed by atoms with Crippen LogP contribution in [-0.4, -0.2) is 48.8 Å². The Morgan fingerprint density at radius 2 is 2.31 bits per heavy atom. The van der Waals surface area contributed by atoms with E-state index in [9.17, 15) is 15.0 Å². The van der Waals surface area contributed by atoms with Crippen molar-refractivity contribution in [2.24, 2.45) is 5.92 Å². The Labute approximate surface area is 104 Å². The molecule has 90 valence electrons. The molecule has 0 aromatic heterocycles. The summed E-state index contributed by atoms with van der Waals surface area (Å²) in [6, 6.07) is -0.512. The summed E-state index contributed by atoms with van der Waals surface area (Å²) in [7, 11) is 0. The summed E-state index contributed by atoms with van der Waals surface area (Å²) in [5.41, 5.74) is 0. The molecule has 0 aromatic rings. The summed E-state index contributed by atoms with van der Waals surface area (Å²) >= 11 is 6.84. The van der Waals surface area contributed by atoms with E-state index >= 15 is 0 Å². The van der Waals surface area contributed by atoms with Gasteiger partial charge in [-0.25, -0.2) is 4.79 Å². The Hall–Kier alpha value is -0.330. The van der Waals surface area contributed by atoms with E-state index < -0.39 is 18.1 Å². The highest BCUT2D eigenvalue weighted by Crippen LogP contribution is 2.50. The average molecular weight is 261 g/mol. The van der Waals surface area contributed by atoms with E-state index in [-0.39, 0.29) is 16.5 Å². The standard InChI is InChI=1S/C10H15NO3S2/c1-3-5-7(10(13)14)11-8(15)6(4(2)12)9(11)16-5/h4-7,9,12H,3H2,1-2H3,(H,13,14)/t4?,5?,6?,7?,9-/m1/s1. The molecule has 16 heavy (non-hydrogen) atoms. The minimum Gasteiger partial charge on any atom is -0.480 e. The number of carbonyl (C=O) groups is 1. The number of nitrogens with zero attached hydrogens (tertiary/aromatic N) is 1. The largest absolute Gasteiger partial charge is 0.480 e. The van der Waals surface area contributed by atoms with E-state index in [1.807, 2.05) is 6.92 Å². The van der Waals surface area contributed by atoms with Gasteiger partial charge in [0.2, 0.25) is 0 Å². The summed E-state index contributed by atoms with van der Waals surface area (Å²) in [6.07, 6.45) is 0.315. The summed E-state index contributed by atoms with van der Waals surface area (Å²) in [5.74, 6) is -0.869. The number of thiocarbonyl (C=S) groups is 1. The van der Waals surface area contributed by atoms with Gasteiger partial charge in [0, 0.05) is 5.25 Å². The molecule has 4 unspecified atom stereocenters. The third-order valence-electron chi connectivity index (χ3n) is 3.26. The molecule has 0 amide bonds. The highest BCUT2D eigenvalue weighted by molar-refractivity contribution is 8.01. The SMILES string of the molecule is CCC1S[C@@H]2C(C(C)O)C(=S)N2C1C(=O)O. The second kappa shape index (κ2) is 4.16. The molecule has 2 N–H and O–H groups in total. The predicted octanol–water partition coefficient (Wildman–Crippen LogP) is 0.931. The van der Waals surface area contributed by atoms with E-state index in [0.717, 1.165) is 6.42 Å². The lowest BCUT2D eigenvalue weighted by molar-refractivity contribution is -0.142. The second-order valence-electron chi connectivity index (χ2n) is 4.27. The van der Waals surface area contributed by atoms with E-state index in [4.69, 9.17) is 12.2 Å². The lowest BCUT2D eigenvalue weighted by Crippen LogP contribution is -2.63. The van der Waals surface area contributed by atoms with Gasteiger partial charge in [0.05, 0.1) is 22.4 Å². The van der Waals surface area contributed by atoms with Crippen molar-refractivity contribution in [1.82, 2.24) is 4.90 Å². The van der Waals surface area contributed by atoms with Gasteiger partial charge in [-0.1, -0.05) is 19.1 Å². The van der Waals surface area contributed by atoms with Gasteiger partial charge in [-0.15, -0.1) is 11.8 Å². The first kappa shape index (κ1) is 12.1. The predicted molar refractivity (Wildman–Crippen MR) is 66.5 cm³/mol. The second-order valence-corrected chi connectivity index (χ2v) is 6.05. The number of aliphatic hydroxyl groups is 1. The summed E-state index contributed by atoms with van der Waals surface area (Å²) in [6.45, 7) is 3.70. The number of carboxylic acids is 1. The third kappa shape index (κ3) is 1.55. The fraction of sp³-hybridized carbons (Fsp3) is 0.800. The molecule has 0 radical (unpaired) electrons. The van der Waals surface area contributed by atoms with Crippen LogP contribution >= 0.6 is 24.0 Å². The Bertz CT molecular complexity index is 334. The van der Waals surface area contributed by atoms with Crippen LogP contribution in [0.2, 0.25) is 0 Å². The number of thioether (sulfide) groups is 1. The molecule has 2 aliphatic heterocycles. The fourth-order valence-electron chi connectivity index (χ4n) is 2.43. The van der Waals surface area contributed by atoms with Gasteiger partial charge in [-0.3, -0.25) is 0 Å². The monoisotopic (exact) mass is 261 g/mol. The van der Waals surface area contributed by atoms with Gasteiger partial charge in [0.1, 0.15) is 6.04 Å². The molecular weight excluding hydrogens is 246 g/mol. The van der Waals surface area contributed by atoms with E-state index in [1.54, 1.807) is 23.6 Å². The van der Waals surface area contributed by atoms with E-state index in [0.29, 0.717) is 4.99 Å². The molecule has 0 aromatic carbocycles. The maximum Gasteiger partial charge on any atom is 0.327 e. The fourth-order valence-corrected chi connectivity index (χ4v) is 4.98. The molecule has 2 heterocycles. The number of hydrogen-bond donors (Lipinski definition) is 2. The van der Waals surface area contributed by atoms with Crippen molar-refractivity contribution in [3.63, 3.8) is 0 Å². The van der Waals surface area contributed by atoms with Gasteiger partial charge in [0.25, 0.3) is 0 Å². The maximum absolute atomic E-state index is 11.2. The van der Waals surface area contributed by atoms with E-state index in [1.165, 1.54) is 0 Å². The Morgan fingerprint density at radius 3 is 2.75 bits per heavy atom. The zero-order valence-electron chi connectivity index (χ0n) is 9.16. The molecule has 2 fully saturated rings. The van der Waals surface area contributed by atoms with Gasteiger partial charge in [0.15, 0.2) is 0 Å². The summed E-state index contributed by atoms with van der Waals surface area (Å²) < 4.78 is 0. The number of aliphatic hydroxyl groups excluding tert-OH is 1. The topological polar surface area (TPSA) is 60.8 Å². The number of hydrogen-bond acceptors (Lipinski definition) is 4. The molecular formula is C10H15NO3S2. The molecule has 2 saturated heterocycles. The first-order valence-electron chi connectivity index (χ1n) is 5.37. The third-order valence-corrected chi connectivity index (χ3v) is 5.49. The molecule has 0 bridgehead atoms. The molecule has 0 saturated carbocycles. The number of rotatable bonds is 3. The zero-order chi connectivity index (χ0) is 12.0. The van der Waals surface area contributed by atoms with Crippen LogP contribution < -0.4 is 0 Å². The van der Waals surface area contributed by atoms with Gasteiger partial charge in [-0.05, 0) is 13.3 Å². The highest BCUT2D eigenvalue weighted by atomic mass is 32.2. The van der Waals surface area contributed by atoms with Crippen LogP contribution in [0.1, 0.15) is 20.3 Å². The van der Waals surface area contributed by atoms with Crippen LogP contribution in [-0.2, 0) is 4.79 Å². The van der Waals surface area contributed by atoms with Crippen LogP contribution in [0.15, 0.2) is 0 Å². The van der Waals surface area contributed by atoms with Crippen LogP contribution in [0.3, 0.4) is 0 Å². The van der Waals surface area contributed by atoms with Crippen molar-refractivity contribution in [2.75, 3.05) is 0 Å². The van der Waals surface area contributed by atoms with Crippen molar-refractivity contribution in [3.05, 3.63) is 0 Å². The van der Waals surface area contributed by atoms with Crippen molar-refractivity contribution in [1.29, 1.82) is 0 Å². The molecule has 2 rings (SSSR count). The Morgan fingerprint density at radius 1 is 1.69 bits per heavy atom. The molecule has 4 nitrogen and oxygen atoms in total. The van der Waals surface area contributed by atoms with Crippen LogP contribution in [0.25, 0.3) is 0 Å². The first-order valence-corrected chi connectivity index (χ1v) is 6.72. The number of carboxylic acid groups (broad SMARTS) is 1. The smallest absolute Gasteiger partial charge is 0.327 e.